The highest BCUT2D eigenvalue weighted by Gasteiger charge is 2.28. The normalized spacial score (nSPS) is 13.5. The van der Waals surface area contributed by atoms with Crippen LogP contribution < -0.4 is 0 Å². The van der Waals surface area contributed by atoms with Gasteiger partial charge in [-0.05, 0) is 77.0 Å². The first-order valence-electron chi connectivity index (χ1n) is 30.9. The summed E-state index contributed by atoms with van der Waals surface area (Å²) in [5.74, 6) is -1.46. The number of unbranched alkanes of at least 4 members (excludes halogenated alkanes) is 35. The van der Waals surface area contributed by atoms with Gasteiger partial charge >= 0.3 is 25.7 Å². The molecule has 0 heterocycles. The SMILES string of the molecule is CCCCC/C=C\C/C=C\CCCCCCCCCC(=O)OCC(COP(=O)(O)OCC(CO)OC(=O)CCCCCCCCCCCCCCCCC)OC(=O)CCCCCCC/C=C\CCCCCCCC. The first-order chi connectivity index (χ1) is 36.2. The minimum atomic E-state index is -4.75. The molecule has 0 saturated carbocycles. The van der Waals surface area contributed by atoms with Gasteiger partial charge in [0.15, 0.2) is 6.10 Å². The second-order valence-corrected chi connectivity index (χ2v) is 22.3. The van der Waals surface area contributed by atoms with Crippen LogP contribution >= 0.6 is 7.82 Å². The topological polar surface area (TPSA) is 155 Å². The smallest absolute Gasteiger partial charge is 0.462 e. The second-order valence-electron chi connectivity index (χ2n) is 20.9. The summed E-state index contributed by atoms with van der Waals surface area (Å²) in [5.41, 5.74) is 0. The molecule has 0 aromatic carbocycles. The van der Waals surface area contributed by atoms with Crippen molar-refractivity contribution in [1.29, 1.82) is 0 Å². The van der Waals surface area contributed by atoms with Crippen LogP contribution in [0.1, 0.15) is 303 Å². The number of phosphoric acid groups is 1. The van der Waals surface area contributed by atoms with Crippen molar-refractivity contribution in [3.05, 3.63) is 36.5 Å². The number of aliphatic hydroxyl groups excluding tert-OH is 1. The summed E-state index contributed by atoms with van der Waals surface area (Å²) in [6.45, 7) is 4.65. The number of esters is 3. The van der Waals surface area contributed by atoms with Crippen molar-refractivity contribution < 1.29 is 52.2 Å². The predicted molar refractivity (Wildman–Crippen MR) is 307 cm³/mol. The summed E-state index contributed by atoms with van der Waals surface area (Å²) < 4.78 is 39.6. The van der Waals surface area contributed by atoms with Crippen LogP contribution in [-0.2, 0) is 42.2 Å². The third-order valence-electron chi connectivity index (χ3n) is 13.5. The van der Waals surface area contributed by atoms with Crippen LogP contribution in [0.5, 0.6) is 0 Å². The Morgan fingerprint density at radius 3 is 1.04 bits per heavy atom. The third-order valence-corrected chi connectivity index (χ3v) is 14.5. The van der Waals surface area contributed by atoms with Crippen LogP contribution in [0.4, 0.5) is 0 Å². The maximum absolute atomic E-state index is 12.9. The van der Waals surface area contributed by atoms with E-state index in [4.69, 9.17) is 23.3 Å². The highest BCUT2D eigenvalue weighted by molar-refractivity contribution is 7.47. The minimum Gasteiger partial charge on any atom is -0.462 e. The van der Waals surface area contributed by atoms with Crippen LogP contribution in [0.25, 0.3) is 0 Å². The summed E-state index contributed by atoms with van der Waals surface area (Å²) in [6.07, 6.45) is 59.5. The number of phosphoric ester groups is 1. The highest BCUT2D eigenvalue weighted by Crippen LogP contribution is 2.43. The van der Waals surface area contributed by atoms with Crippen molar-refractivity contribution in [3.63, 3.8) is 0 Å². The maximum Gasteiger partial charge on any atom is 0.472 e. The number of carbonyl (C=O) groups is 3. The molecular weight excluding hydrogens is 952 g/mol. The van der Waals surface area contributed by atoms with Gasteiger partial charge in [0.25, 0.3) is 0 Å². The lowest BCUT2D eigenvalue weighted by atomic mass is 10.0. The van der Waals surface area contributed by atoms with Gasteiger partial charge in [-0.15, -0.1) is 0 Å². The van der Waals surface area contributed by atoms with Crippen LogP contribution in [0.3, 0.4) is 0 Å². The Bertz CT molecular complexity index is 1380. The molecular formula is C62H115O11P. The van der Waals surface area contributed by atoms with E-state index in [1.807, 2.05) is 0 Å². The monoisotopic (exact) mass is 1070 g/mol. The second kappa shape index (κ2) is 56.9. The summed E-state index contributed by atoms with van der Waals surface area (Å²) in [6, 6.07) is 0. The molecule has 0 rings (SSSR count). The van der Waals surface area contributed by atoms with Gasteiger partial charge in [0, 0.05) is 19.3 Å². The summed E-state index contributed by atoms with van der Waals surface area (Å²) in [7, 11) is -4.75. The van der Waals surface area contributed by atoms with Gasteiger partial charge in [0.05, 0.1) is 19.8 Å². The summed E-state index contributed by atoms with van der Waals surface area (Å²) in [5, 5.41) is 9.83. The summed E-state index contributed by atoms with van der Waals surface area (Å²) in [4.78, 5) is 48.6. The van der Waals surface area contributed by atoms with E-state index in [1.54, 1.807) is 0 Å². The van der Waals surface area contributed by atoms with Gasteiger partial charge in [0.1, 0.15) is 12.7 Å². The molecule has 0 amide bonds. The van der Waals surface area contributed by atoms with E-state index in [0.717, 1.165) is 89.9 Å². The van der Waals surface area contributed by atoms with E-state index in [0.29, 0.717) is 19.3 Å². The van der Waals surface area contributed by atoms with E-state index < -0.39 is 57.8 Å². The number of carbonyl (C=O) groups excluding carboxylic acids is 3. The largest absolute Gasteiger partial charge is 0.472 e. The zero-order chi connectivity index (χ0) is 54.1. The average Bonchev–Trinajstić information content (AvgIpc) is 3.39. The Kier molecular flexibility index (Phi) is 55.1. The summed E-state index contributed by atoms with van der Waals surface area (Å²) >= 11 is 0. The first-order valence-corrected chi connectivity index (χ1v) is 32.4. The van der Waals surface area contributed by atoms with Gasteiger partial charge in [0.2, 0.25) is 0 Å². The number of hydrogen-bond donors (Lipinski definition) is 2. The Hall–Kier alpha value is -2.30. The first kappa shape index (κ1) is 71.7. The Labute approximate surface area is 454 Å². The van der Waals surface area contributed by atoms with Crippen LogP contribution in [-0.4, -0.2) is 66.5 Å². The molecule has 434 valence electrons. The number of allylic oxidation sites excluding steroid dienone is 6. The van der Waals surface area contributed by atoms with Crippen molar-refractivity contribution in [2.75, 3.05) is 26.4 Å². The molecule has 0 aliphatic carbocycles. The lowest BCUT2D eigenvalue weighted by Gasteiger charge is -2.21. The van der Waals surface area contributed by atoms with E-state index in [2.05, 4.69) is 57.2 Å². The molecule has 0 aliphatic heterocycles. The Balaban J connectivity index is 4.69. The molecule has 74 heavy (non-hydrogen) atoms. The highest BCUT2D eigenvalue weighted by atomic mass is 31.2. The fourth-order valence-corrected chi connectivity index (χ4v) is 9.58. The molecule has 3 unspecified atom stereocenters. The number of ether oxygens (including phenoxy) is 3. The third kappa shape index (κ3) is 54.5. The molecule has 0 bridgehead atoms. The zero-order valence-corrected chi connectivity index (χ0v) is 49.0. The Morgan fingerprint density at radius 2 is 0.662 bits per heavy atom. The number of aliphatic hydroxyl groups is 1. The van der Waals surface area contributed by atoms with Crippen LogP contribution in [0.2, 0.25) is 0 Å². The van der Waals surface area contributed by atoms with Crippen molar-refractivity contribution >= 4 is 25.7 Å². The lowest BCUT2D eigenvalue weighted by molar-refractivity contribution is -0.161. The van der Waals surface area contributed by atoms with Crippen molar-refractivity contribution in [1.82, 2.24) is 0 Å². The van der Waals surface area contributed by atoms with Gasteiger partial charge in [-0.3, -0.25) is 23.4 Å². The predicted octanol–water partition coefficient (Wildman–Crippen LogP) is 18.4. The fourth-order valence-electron chi connectivity index (χ4n) is 8.79. The van der Waals surface area contributed by atoms with Gasteiger partial charge in [-0.2, -0.15) is 0 Å². The molecule has 0 spiro atoms. The number of hydrogen-bond acceptors (Lipinski definition) is 10. The molecule has 0 saturated heterocycles. The molecule has 3 atom stereocenters. The van der Waals surface area contributed by atoms with Crippen molar-refractivity contribution in [2.24, 2.45) is 0 Å². The molecule has 2 N–H and O–H groups in total. The minimum absolute atomic E-state index is 0.159. The van der Waals surface area contributed by atoms with E-state index in [-0.39, 0.29) is 25.9 Å². The molecule has 0 radical (unpaired) electrons. The van der Waals surface area contributed by atoms with Gasteiger partial charge < -0.3 is 24.2 Å². The molecule has 0 aromatic heterocycles. The Morgan fingerprint density at radius 1 is 0.378 bits per heavy atom. The quantitative estimate of drug-likeness (QED) is 0.0197. The standard InChI is InChI=1S/C62H115O11P/c1-4-7-10-13-16-19-22-25-28-29-32-33-36-39-42-45-48-51-60(64)69-55-59(73-62(66)53-50-47-44-41-38-35-31-27-24-21-18-15-12-9-6-3)57-71-74(67,68)70-56-58(54-63)72-61(65)52-49-46-43-40-37-34-30-26-23-20-17-14-11-8-5-2/h16,19,25,27-28,31,58-59,63H,4-15,17-18,20-24,26,29-30,32-57H2,1-3H3,(H,67,68)/b19-16-,28-25-,31-27-. The van der Waals surface area contributed by atoms with Crippen LogP contribution in [0.15, 0.2) is 36.5 Å². The molecule has 0 aliphatic rings. The molecule has 11 nitrogen and oxygen atoms in total. The van der Waals surface area contributed by atoms with Gasteiger partial charge in [-0.25, -0.2) is 4.57 Å². The van der Waals surface area contributed by atoms with E-state index in [9.17, 15) is 28.9 Å². The maximum atomic E-state index is 12.9. The number of rotatable bonds is 58. The fraction of sp³-hybridized carbons (Fsp3) is 0.855. The van der Waals surface area contributed by atoms with E-state index >= 15 is 0 Å². The molecule has 0 aromatic rings. The van der Waals surface area contributed by atoms with Crippen molar-refractivity contribution in [3.8, 4) is 0 Å². The van der Waals surface area contributed by atoms with Gasteiger partial charge in [-0.1, -0.05) is 243 Å². The average molecular weight is 1070 g/mol. The molecule has 0 fully saturated rings. The van der Waals surface area contributed by atoms with Crippen LogP contribution in [0, 0.1) is 0 Å². The lowest BCUT2D eigenvalue weighted by Crippen LogP contribution is -2.30. The molecule has 12 heteroatoms. The van der Waals surface area contributed by atoms with E-state index in [1.165, 1.54) is 154 Å². The zero-order valence-electron chi connectivity index (χ0n) is 48.1. The van der Waals surface area contributed by atoms with Crippen molar-refractivity contribution in [2.45, 2.75) is 315 Å².